The van der Waals surface area contributed by atoms with E-state index < -0.39 is 10.0 Å². The van der Waals surface area contributed by atoms with Crippen molar-refractivity contribution in [3.05, 3.63) is 23.2 Å². The summed E-state index contributed by atoms with van der Waals surface area (Å²) in [6.45, 7) is 2.49. The monoisotopic (exact) mass is 384 g/mol. The van der Waals surface area contributed by atoms with E-state index in [0.717, 1.165) is 13.0 Å². The van der Waals surface area contributed by atoms with Gasteiger partial charge in [-0.05, 0) is 37.6 Å². The van der Waals surface area contributed by atoms with Crippen molar-refractivity contribution in [3.8, 4) is 5.75 Å². The Labute approximate surface area is 148 Å². The fraction of sp³-hybridized carbons (Fsp3) is 0.571. The van der Waals surface area contributed by atoms with Crippen molar-refractivity contribution in [1.82, 2.24) is 4.72 Å². The molecule has 1 heterocycles. The Bertz CT molecular complexity index is 592. The van der Waals surface area contributed by atoms with E-state index in [-0.39, 0.29) is 29.8 Å². The van der Waals surface area contributed by atoms with Crippen LogP contribution in [0.1, 0.15) is 12.8 Å². The second-order valence-corrected chi connectivity index (χ2v) is 7.34. The third-order valence-electron chi connectivity index (χ3n) is 3.37. The summed E-state index contributed by atoms with van der Waals surface area (Å²) in [5.74, 6) is 0.591. The Balaban J connectivity index is 0.00000264. The number of hydrogen-bond donors (Lipinski definition) is 2. The molecule has 1 aliphatic rings. The van der Waals surface area contributed by atoms with Crippen LogP contribution in [-0.4, -0.2) is 41.3 Å². The highest BCUT2D eigenvalue weighted by molar-refractivity contribution is 7.89. The molecule has 3 N–H and O–H groups in total. The molecule has 0 amide bonds. The predicted octanol–water partition coefficient (Wildman–Crippen LogP) is 1.80. The van der Waals surface area contributed by atoms with Gasteiger partial charge in [0, 0.05) is 24.1 Å². The molecule has 1 unspecified atom stereocenters. The van der Waals surface area contributed by atoms with E-state index in [0.29, 0.717) is 37.0 Å². The van der Waals surface area contributed by atoms with Gasteiger partial charge in [-0.1, -0.05) is 11.6 Å². The molecule has 23 heavy (non-hydrogen) atoms. The van der Waals surface area contributed by atoms with E-state index in [1.54, 1.807) is 12.1 Å². The summed E-state index contributed by atoms with van der Waals surface area (Å²) >= 11 is 5.92. The molecule has 1 aliphatic heterocycles. The number of nitrogens with one attached hydrogen (secondary N) is 1. The van der Waals surface area contributed by atoms with Crippen molar-refractivity contribution in [2.24, 2.45) is 11.7 Å². The van der Waals surface area contributed by atoms with Crippen LogP contribution in [0.2, 0.25) is 5.02 Å². The lowest BCUT2D eigenvalue weighted by Crippen LogP contribution is -2.27. The molecule has 0 aliphatic carbocycles. The van der Waals surface area contributed by atoms with E-state index in [4.69, 9.17) is 26.8 Å². The minimum Gasteiger partial charge on any atom is -0.492 e. The summed E-state index contributed by atoms with van der Waals surface area (Å²) in [7, 11) is -3.68. The van der Waals surface area contributed by atoms with Gasteiger partial charge in [0.15, 0.2) is 0 Å². The Morgan fingerprint density at radius 3 is 2.87 bits per heavy atom. The average Bonchev–Trinajstić information content (AvgIpc) is 2.99. The Morgan fingerprint density at radius 1 is 1.43 bits per heavy atom. The first-order valence-corrected chi connectivity index (χ1v) is 9.09. The quantitative estimate of drug-likeness (QED) is 0.666. The number of ether oxygens (including phenoxy) is 2. The minimum atomic E-state index is -3.68. The van der Waals surface area contributed by atoms with Gasteiger partial charge in [0.05, 0.1) is 13.2 Å². The molecule has 0 bridgehead atoms. The molecule has 132 valence electrons. The van der Waals surface area contributed by atoms with Gasteiger partial charge >= 0.3 is 0 Å². The number of benzene rings is 1. The van der Waals surface area contributed by atoms with Crippen molar-refractivity contribution >= 4 is 34.0 Å². The van der Waals surface area contributed by atoms with Crippen molar-refractivity contribution < 1.29 is 17.9 Å². The van der Waals surface area contributed by atoms with Crippen LogP contribution in [0.25, 0.3) is 0 Å². The molecule has 0 radical (unpaired) electrons. The van der Waals surface area contributed by atoms with Crippen LogP contribution in [0.4, 0.5) is 0 Å². The van der Waals surface area contributed by atoms with Gasteiger partial charge < -0.3 is 15.2 Å². The highest BCUT2D eigenvalue weighted by atomic mass is 35.5. The fourth-order valence-electron chi connectivity index (χ4n) is 2.12. The third-order valence-corrected chi connectivity index (χ3v) is 5.08. The molecular formula is C14H22Cl2N2O4S. The highest BCUT2D eigenvalue weighted by Gasteiger charge is 2.22. The van der Waals surface area contributed by atoms with Crippen LogP contribution < -0.4 is 15.2 Å². The standard InChI is InChI=1S/C14H21ClN2O4S.ClH/c15-12-2-3-13(21-10-11-4-7-20-9-11)14(8-12)22(18,19)17-6-1-5-16;/h2-3,8,11,17H,1,4-7,9-10,16H2;1H. The molecule has 2 rings (SSSR count). The molecule has 1 atom stereocenters. The third kappa shape index (κ3) is 6.10. The van der Waals surface area contributed by atoms with Gasteiger partial charge in [-0.3, -0.25) is 0 Å². The maximum Gasteiger partial charge on any atom is 0.244 e. The first-order chi connectivity index (χ1) is 10.5. The van der Waals surface area contributed by atoms with E-state index in [1.807, 2.05) is 0 Å². The van der Waals surface area contributed by atoms with Crippen LogP contribution in [0.3, 0.4) is 0 Å². The second kappa shape index (κ2) is 9.66. The van der Waals surface area contributed by atoms with Gasteiger partial charge in [0.25, 0.3) is 0 Å². The van der Waals surface area contributed by atoms with E-state index in [2.05, 4.69) is 4.72 Å². The zero-order valence-corrected chi connectivity index (χ0v) is 15.1. The van der Waals surface area contributed by atoms with E-state index in [1.165, 1.54) is 6.07 Å². The van der Waals surface area contributed by atoms with Crippen molar-refractivity contribution in [3.63, 3.8) is 0 Å². The maximum absolute atomic E-state index is 12.4. The summed E-state index contributed by atoms with van der Waals surface area (Å²) in [6.07, 6.45) is 1.49. The lowest BCUT2D eigenvalue weighted by Gasteiger charge is -2.15. The minimum absolute atomic E-state index is 0. The zero-order valence-electron chi connectivity index (χ0n) is 12.7. The SMILES string of the molecule is Cl.NCCCNS(=O)(=O)c1cc(Cl)ccc1OCC1CCOC1. The van der Waals surface area contributed by atoms with Crippen LogP contribution in [-0.2, 0) is 14.8 Å². The number of hydrogen-bond acceptors (Lipinski definition) is 5. The molecule has 0 aromatic heterocycles. The second-order valence-electron chi connectivity index (χ2n) is 5.17. The summed E-state index contributed by atoms with van der Waals surface area (Å²) in [5, 5.41) is 0.343. The van der Waals surface area contributed by atoms with Crippen molar-refractivity contribution in [2.75, 3.05) is 32.9 Å². The predicted molar refractivity (Wildman–Crippen MR) is 92.0 cm³/mol. The molecule has 0 saturated carbocycles. The Kier molecular flexibility index (Phi) is 8.60. The van der Waals surface area contributed by atoms with Gasteiger partial charge in [-0.2, -0.15) is 0 Å². The van der Waals surface area contributed by atoms with Crippen molar-refractivity contribution in [2.45, 2.75) is 17.7 Å². The number of halogens is 2. The topological polar surface area (TPSA) is 90.7 Å². The Hall–Kier alpha value is -0.570. The van der Waals surface area contributed by atoms with Gasteiger partial charge in [0.2, 0.25) is 10.0 Å². The van der Waals surface area contributed by atoms with Gasteiger partial charge in [-0.15, -0.1) is 12.4 Å². The van der Waals surface area contributed by atoms with Gasteiger partial charge in [0.1, 0.15) is 10.6 Å². The highest BCUT2D eigenvalue weighted by Crippen LogP contribution is 2.28. The number of nitrogens with two attached hydrogens (primary N) is 1. The molecule has 9 heteroatoms. The van der Waals surface area contributed by atoms with E-state index >= 15 is 0 Å². The molecule has 1 aromatic rings. The largest absolute Gasteiger partial charge is 0.492 e. The summed E-state index contributed by atoms with van der Waals surface area (Å²) in [4.78, 5) is 0.0518. The molecular weight excluding hydrogens is 363 g/mol. The smallest absolute Gasteiger partial charge is 0.244 e. The summed E-state index contributed by atoms with van der Waals surface area (Å²) in [5.41, 5.74) is 5.38. The average molecular weight is 385 g/mol. The van der Waals surface area contributed by atoms with Crippen LogP contribution >= 0.6 is 24.0 Å². The lowest BCUT2D eigenvalue weighted by atomic mass is 10.1. The summed E-state index contributed by atoms with van der Waals surface area (Å²) in [6, 6.07) is 4.59. The maximum atomic E-state index is 12.4. The number of rotatable bonds is 8. The number of sulfonamides is 1. The molecule has 6 nitrogen and oxygen atoms in total. The summed E-state index contributed by atoms with van der Waals surface area (Å²) < 4.78 is 38.2. The Morgan fingerprint density at radius 2 is 2.22 bits per heavy atom. The molecule has 1 saturated heterocycles. The lowest BCUT2D eigenvalue weighted by molar-refractivity contribution is 0.166. The van der Waals surface area contributed by atoms with Gasteiger partial charge in [-0.25, -0.2) is 13.1 Å². The molecule has 0 spiro atoms. The fourth-order valence-corrected chi connectivity index (χ4v) is 3.60. The molecule has 1 aromatic carbocycles. The zero-order chi connectivity index (χ0) is 16.0. The van der Waals surface area contributed by atoms with Crippen LogP contribution in [0, 0.1) is 5.92 Å². The molecule has 1 fully saturated rings. The van der Waals surface area contributed by atoms with Crippen LogP contribution in [0.5, 0.6) is 5.75 Å². The van der Waals surface area contributed by atoms with Crippen LogP contribution in [0.15, 0.2) is 23.1 Å². The normalized spacial score (nSPS) is 17.7. The first-order valence-electron chi connectivity index (χ1n) is 7.23. The first kappa shape index (κ1) is 20.5. The van der Waals surface area contributed by atoms with Crippen molar-refractivity contribution in [1.29, 1.82) is 0 Å². The van der Waals surface area contributed by atoms with E-state index in [9.17, 15) is 8.42 Å².